The highest BCUT2D eigenvalue weighted by Gasteiger charge is 2.58. The van der Waals surface area contributed by atoms with Gasteiger partial charge in [0.15, 0.2) is 0 Å². The molecule has 9 rings (SSSR count). The van der Waals surface area contributed by atoms with Gasteiger partial charge in [0, 0.05) is 86.2 Å². The fourth-order valence-electron chi connectivity index (χ4n) is 10.4. The zero-order valence-corrected chi connectivity index (χ0v) is 38.9. The Hall–Kier alpha value is -5.33. The molecule has 6 heterocycles. The van der Waals surface area contributed by atoms with E-state index in [1.165, 1.54) is 16.0 Å². The molecule has 1 aliphatic carbocycles. The van der Waals surface area contributed by atoms with E-state index in [4.69, 9.17) is 19.2 Å². The number of halogens is 1. The smallest absolute Gasteiger partial charge is 0.411 e. The number of nitrogens with one attached hydrogen (secondary N) is 2. The van der Waals surface area contributed by atoms with E-state index in [1.54, 1.807) is 25.1 Å². The van der Waals surface area contributed by atoms with Crippen molar-refractivity contribution in [2.24, 2.45) is 11.3 Å². The van der Waals surface area contributed by atoms with E-state index in [-0.39, 0.29) is 37.3 Å². The van der Waals surface area contributed by atoms with Gasteiger partial charge >= 0.3 is 12.1 Å². The first-order chi connectivity index (χ1) is 30.7. The highest BCUT2D eigenvalue weighted by Crippen LogP contribution is 2.57. The number of cyclic esters (lactones) is 2. The minimum absolute atomic E-state index is 0.0694. The number of benzene rings is 2. The highest BCUT2D eigenvalue weighted by molar-refractivity contribution is 14.1. The number of carbonyl (C=O) groups is 5. The number of aryl methyl sites for hydroxylation is 1. The summed E-state index contributed by atoms with van der Waals surface area (Å²) in [6.07, 6.45) is 2.20. The number of nitrogens with zero attached hydrogens (tertiary/aromatic N) is 5. The summed E-state index contributed by atoms with van der Waals surface area (Å²) >= 11 is 1.96. The van der Waals surface area contributed by atoms with E-state index in [2.05, 4.69) is 66.9 Å². The summed E-state index contributed by atoms with van der Waals surface area (Å²) in [6, 6.07) is 16.6. The fourth-order valence-corrected chi connectivity index (χ4v) is 11.1. The third-order valence-corrected chi connectivity index (χ3v) is 15.7. The summed E-state index contributed by atoms with van der Waals surface area (Å²) < 4.78 is 19.1. The van der Waals surface area contributed by atoms with Gasteiger partial charge in [0.1, 0.15) is 24.3 Å². The molecule has 6 atom stereocenters. The number of rotatable bonds is 7. The Balaban J connectivity index is 1.12. The molecule has 4 aromatic rings. The van der Waals surface area contributed by atoms with Gasteiger partial charge in [-0.3, -0.25) is 34.1 Å². The van der Waals surface area contributed by atoms with Gasteiger partial charge in [-0.1, -0.05) is 50.8 Å². The number of hydrogen-bond donors (Lipinski definition) is 2. The van der Waals surface area contributed by atoms with Crippen LogP contribution in [-0.2, 0) is 46.4 Å². The first-order valence-electron chi connectivity index (χ1n) is 22.1. The fraction of sp³-hybridized carbons (Fsp3) is 0.458. The van der Waals surface area contributed by atoms with Crippen LogP contribution in [0.4, 0.5) is 4.79 Å². The number of hydrazine groups is 1. The largest absolute Gasteiger partial charge is 0.464 e. The van der Waals surface area contributed by atoms with Crippen LogP contribution in [0.3, 0.4) is 0 Å². The molecule has 16 heteroatoms. The maximum absolute atomic E-state index is 14.8. The number of fused-ring (bicyclic) bond motifs is 8. The number of likely N-dealkylation sites (tertiary alicyclic amines) is 1. The summed E-state index contributed by atoms with van der Waals surface area (Å²) in [6.45, 7) is 13.6. The molecule has 15 nitrogen and oxygen atoms in total. The Morgan fingerprint density at radius 3 is 2.62 bits per heavy atom. The molecule has 2 aromatic carbocycles. The Kier molecular flexibility index (Phi) is 11.6. The minimum atomic E-state index is -1.50. The van der Waals surface area contributed by atoms with E-state index in [0.717, 1.165) is 50.1 Å². The number of hydrogen-bond acceptors (Lipinski definition) is 10. The highest BCUT2D eigenvalue weighted by atomic mass is 127. The average molecular weight is 984 g/mol. The summed E-state index contributed by atoms with van der Waals surface area (Å²) in [5, 5.41) is 5.52. The van der Waals surface area contributed by atoms with E-state index in [9.17, 15) is 24.0 Å². The molecule has 0 radical (unpaired) electrons. The van der Waals surface area contributed by atoms with Crippen LogP contribution >= 0.6 is 22.6 Å². The molecule has 3 saturated heterocycles. The average Bonchev–Trinajstić information content (AvgIpc) is 3.73. The number of carbonyl (C=O) groups excluding carboxylic acids is 5. The SMILES string of the molecule is C=CC(=O)N1CC(CN2C(=O)O[C@H](C)[C@@]2(I)C(=O)N[C@H]2Cc3cccc(c3)-c3ccc4c(c3)c3c(n4CC)-c4cccnc4[C@@H](OC)C3C(C)(C)COC(=O)[C@@H]3CCCN(N3)C2=O)C1. The van der Waals surface area contributed by atoms with Crippen molar-refractivity contribution >= 4 is 63.3 Å². The van der Waals surface area contributed by atoms with Crippen LogP contribution < -0.4 is 10.7 Å². The van der Waals surface area contributed by atoms with E-state index >= 15 is 0 Å². The maximum Gasteiger partial charge on any atom is 0.411 e. The van der Waals surface area contributed by atoms with Crippen molar-refractivity contribution in [3.63, 3.8) is 0 Å². The van der Waals surface area contributed by atoms with Gasteiger partial charge in [0.2, 0.25) is 9.45 Å². The van der Waals surface area contributed by atoms with Crippen LogP contribution in [0.5, 0.6) is 0 Å². The Bertz CT molecular complexity index is 2570. The molecule has 5 aliphatic rings. The van der Waals surface area contributed by atoms with Crippen molar-refractivity contribution in [1.82, 2.24) is 35.1 Å². The van der Waals surface area contributed by atoms with Crippen molar-refractivity contribution < 1.29 is 38.2 Å². The van der Waals surface area contributed by atoms with Crippen LogP contribution in [0.25, 0.3) is 33.3 Å². The van der Waals surface area contributed by atoms with Gasteiger partial charge in [0.05, 0.1) is 18.0 Å². The predicted octanol–water partition coefficient (Wildman–Crippen LogP) is 5.90. The summed E-state index contributed by atoms with van der Waals surface area (Å²) in [5.74, 6) is -2.01. The topological polar surface area (TPSA) is 165 Å². The van der Waals surface area contributed by atoms with E-state index < -0.39 is 57.1 Å². The second kappa shape index (κ2) is 16.9. The van der Waals surface area contributed by atoms with Crippen molar-refractivity contribution in [3.8, 4) is 22.4 Å². The van der Waals surface area contributed by atoms with Gasteiger partial charge in [-0.2, -0.15) is 0 Å². The lowest BCUT2D eigenvalue weighted by Crippen LogP contribution is -2.65. The predicted molar refractivity (Wildman–Crippen MR) is 247 cm³/mol. The maximum atomic E-state index is 14.8. The molecular weight excluding hydrogens is 929 g/mol. The quantitative estimate of drug-likeness (QED) is 0.0750. The number of esters is 1. The standard InChI is InChI=1S/C48H54IN7O8/c1-7-37(57)53-23-29(24-53)25-55-46(61)64-27(3)48(55,49)45(60)51-35-21-28-12-9-13-30(20-28)31-16-17-36-33(22-31)38-39(42(62-6)40-32(14-10-18-50-40)41(38)54(36)8-2)47(4,5)26-63-44(59)34-15-11-19-56(52-34)43(35)58/h7,9-10,12-14,16-18,20,22,27,29,34-35,39,42,52H,1,8,11,15,19,21,23-26H2,2-6H3,(H,51,60)/t27-,34+,35+,39?,42+,48+/m1/s1. The molecule has 0 saturated carbocycles. The number of methoxy groups -OCH3 is 1. The number of aromatic nitrogens is 2. The molecule has 0 spiro atoms. The van der Waals surface area contributed by atoms with Crippen LogP contribution in [-0.4, -0.2) is 116 Å². The van der Waals surface area contributed by atoms with Gasteiger partial charge in [0.25, 0.3) is 11.8 Å². The first-order valence-corrected chi connectivity index (χ1v) is 23.1. The molecule has 2 N–H and O–H groups in total. The minimum Gasteiger partial charge on any atom is -0.464 e. The van der Waals surface area contributed by atoms with Crippen molar-refractivity contribution in [2.75, 3.05) is 39.9 Å². The second-order valence-electron chi connectivity index (χ2n) is 18.3. The number of amides is 4. The zero-order valence-electron chi connectivity index (χ0n) is 36.8. The normalized spacial score (nSPS) is 26.7. The molecule has 64 heavy (non-hydrogen) atoms. The molecule has 4 amide bonds. The van der Waals surface area contributed by atoms with Crippen molar-refractivity contribution in [1.29, 1.82) is 0 Å². The third kappa shape index (κ3) is 7.34. The molecule has 336 valence electrons. The molecule has 3 fully saturated rings. The first kappa shape index (κ1) is 43.9. The van der Waals surface area contributed by atoms with Crippen molar-refractivity contribution in [2.45, 2.75) is 87.3 Å². The Labute approximate surface area is 385 Å². The summed E-state index contributed by atoms with van der Waals surface area (Å²) in [5.41, 5.74) is 10.3. The van der Waals surface area contributed by atoms with Crippen LogP contribution in [0.2, 0.25) is 0 Å². The molecule has 2 aromatic heterocycles. The molecule has 4 aliphatic heterocycles. The summed E-state index contributed by atoms with van der Waals surface area (Å²) in [7, 11) is 1.71. The van der Waals surface area contributed by atoms with Gasteiger partial charge in [-0.25, -0.2) is 10.2 Å². The Morgan fingerprint density at radius 1 is 1.09 bits per heavy atom. The van der Waals surface area contributed by atoms with E-state index in [1.807, 2.05) is 52.9 Å². The second-order valence-corrected chi connectivity index (χ2v) is 19.9. The summed E-state index contributed by atoms with van der Waals surface area (Å²) in [4.78, 5) is 76.9. The molecular formula is C48H54IN7O8. The Morgan fingerprint density at radius 2 is 1.88 bits per heavy atom. The lowest BCUT2D eigenvalue weighted by molar-refractivity contribution is -0.156. The van der Waals surface area contributed by atoms with Gasteiger partial charge in [-0.05, 0) is 102 Å². The number of ether oxygens (including phenoxy) is 3. The molecule has 1 unspecified atom stereocenters. The lowest BCUT2D eigenvalue weighted by atomic mass is 9.67. The van der Waals surface area contributed by atoms with Crippen LogP contribution in [0.1, 0.15) is 69.4 Å². The molecule has 6 bridgehead atoms. The van der Waals surface area contributed by atoms with Crippen molar-refractivity contribution in [3.05, 3.63) is 90.3 Å². The van der Waals surface area contributed by atoms with E-state index in [0.29, 0.717) is 39.0 Å². The monoisotopic (exact) mass is 983 g/mol. The van der Waals surface area contributed by atoms with Crippen LogP contribution in [0, 0.1) is 11.3 Å². The third-order valence-electron chi connectivity index (χ3n) is 13.8. The zero-order chi connectivity index (χ0) is 45.2. The lowest BCUT2D eigenvalue weighted by Gasteiger charge is -2.43. The number of pyridine rings is 1. The number of alkyl halides is 1. The van der Waals surface area contributed by atoms with Crippen LogP contribution in [0.15, 0.2) is 73.4 Å². The van der Waals surface area contributed by atoms with Gasteiger partial charge < -0.3 is 29.0 Å². The van der Waals surface area contributed by atoms with Gasteiger partial charge in [-0.15, -0.1) is 0 Å².